The summed E-state index contributed by atoms with van der Waals surface area (Å²) in [6, 6.07) is 0.299. The van der Waals surface area contributed by atoms with Crippen molar-refractivity contribution < 1.29 is 14.7 Å². The van der Waals surface area contributed by atoms with Gasteiger partial charge in [0, 0.05) is 6.04 Å². The SMILES string of the molecule is CCCCC(CCCCCCCC(C)N)CC(C(C)=O)C(=O)O. The van der Waals surface area contributed by atoms with E-state index in [1.165, 1.54) is 32.6 Å². The van der Waals surface area contributed by atoms with Gasteiger partial charge >= 0.3 is 5.97 Å². The fraction of sp³-hybridized carbons (Fsp3) is 0.895. The van der Waals surface area contributed by atoms with Crippen LogP contribution < -0.4 is 5.73 Å². The summed E-state index contributed by atoms with van der Waals surface area (Å²) < 4.78 is 0. The van der Waals surface area contributed by atoms with Gasteiger partial charge in [0.05, 0.1) is 0 Å². The molecule has 136 valence electrons. The van der Waals surface area contributed by atoms with E-state index in [4.69, 9.17) is 5.73 Å². The molecule has 0 amide bonds. The van der Waals surface area contributed by atoms with E-state index in [2.05, 4.69) is 6.92 Å². The molecular formula is C19H37NO3. The number of aliphatic carboxylic acids is 1. The minimum Gasteiger partial charge on any atom is -0.481 e. The van der Waals surface area contributed by atoms with Crippen LogP contribution >= 0.6 is 0 Å². The number of rotatable bonds is 15. The van der Waals surface area contributed by atoms with Gasteiger partial charge in [-0.05, 0) is 32.6 Å². The molecule has 4 nitrogen and oxygen atoms in total. The molecule has 23 heavy (non-hydrogen) atoms. The molecule has 0 fully saturated rings. The Morgan fingerprint density at radius 1 is 0.957 bits per heavy atom. The van der Waals surface area contributed by atoms with E-state index in [1.807, 2.05) is 6.92 Å². The van der Waals surface area contributed by atoms with Gasteiger partial charge in [-0.25, -0.2) is 0 Å². The van der Waals surface area contributed by atoms with Gasteiger partial charge in [-0.3, -0.25) is 9.59 Å². The largest absolute Gasteiger partial charge is 0.481 e. The monoisotopic (exact) mass is 327 g/mol. The lowest BCUT2D eigenvalue weighted by molar-refractivity contribution is -0.146. The Kier molecular flexibility index (Phi) is 13.0. The van der Waals surface area contributed by atoms with Crippen molar-refractivity contribution in [1.82, 2.24) is 0 Å². The first kappa shape index (κ1) is 22.1. The molecule has 0 aromatic heterocycles. The van der Waals surface area contributed by atoms with Gasteiger partial charge in [0.25, 0.3) is 0 Å². The smallest absolute Gasteiger partial charge is 0.314 e. The topological polar surface area (TPSA) is 80.4 Å². The van der Waals surface area contributed by atoms with Crippen LogP contribution in [0.15, 0.2) is 0 Å². The van der Waals surface area contributed by atoms with Crippen LogP contribution in [-0.2, 0) is 9.59 Å². The first-order valence-electron chi connectivity index (χ1n) is 9.37. The maximum atomic E-state index is 11.5. The summed E-state index contributed by atoms with van der Waals surface area (Å²) >= 11 is 0. The van der Waals surface area contributed by atoms with Gasteiger partial charge < -0.3 is 10.8 Å². The number of hydrogen-bond donors (Lipinski definition) is 2. The van der Waals surface area contributed by atoms with Crippen molar-refractivity contribution in [2.24, 2.45) is 17.6 Å². The van der Waals surface area contributed by atoms with Crippen molar-refractivity contribution in [1.29, 1.82) is 0 Å². The number of carboxylic acids is 1. The van der Waals surface area contributed by atoms with Gasteiger partial charge in [0.1, 0.15) is 11.7 Å². The standard InChI is InChI=1S/C19H37NO3/c1-4-5-12-17(14-18(16(3)21)19(22)23)13-10-8-6-7-9-11-15(2)20/h15,17-18H,4-14,20H2,1-3H3,(H,22,23). The highest BCUT2D eigenvalue weighted by molar-refractivity contribution is 5.96. The van der Waals surface area contributed by atoms with Crippen molar-refractivity contribution in [2.45, 2.75) is 97.4 Å². The first-order valence-corrected chi connectivity index (χ1v) is 9.37. The van der Waals surface area contributed by atoms with Crippen LogP contribution in [0, 0.1) is 11.8 Å². The maximum absolute atomic E-state index is 11.5. The van der Waals surface area contributed by atoms with Crippen LogP contribution in [0.5, 0.6) is 0 Å². The molecule has 0 spiro atoms. The molecule has 3 unspecified atom stereocenters. The Labute approximate surface area is 142 Å². The summed E-state index contributed by atoms with van der Waals surface area (Å²) in [7, 11) is 0. The van der Waals surface area contributed by atoms with Crippen molar-refractivity contribution >= 4 is 11.8 Å². The van der Waals surface area contributed by atoms with Crippen LogP contribution in [0.3, 0.4) is 0 Å². The Morgan fingerprint density at radius 3 is 1.96 bits per heavy atom. The molecular weight excluding hydrogens is 290 g/mol. The number of nitrogens with two attached hydrogens (primary N) is 1. The number of Topliss-reactive ketones (excluding diaryl/α,β-unsaturated/α-hetero) is 1. The van der Waals surface area contributed by atoms with Crippen molar-refractivity contribution in [2.75, 3.05) is 0 Å². The summed E-state index contributed by atoms with van der Waals surface area (Å²) in [5.41, 5.74) is 5.74. The molecule has 0 saturated heterocycles. The molecule has 0 heterocycles. The zero-order chi connectivity index (χ0) is 17.7. The zero-order valence-electron chi connectivity index (χ0n) is 15.4. The molecule has 0 saturated carbocycles. The summed E-state index contributed by atoms with van der Waals surface area (Å²) in [6.07, 6.45) is 11.9. The molecule has 0 rings (SSSR count). The van der Waals surface area contributed by atoms with Gasteiger partial charge in [0.15, 0.2) is 0 Å². The fourth-order valence-electron chi connectivity index (χ4n) is 3.08. The van der Waals surface area contributed by atoms with E-state index in [0.29, 0.717) is 18.4 Å². The van der Waals surface area contributed by atoms with Crippen molar-refractivity contribution in [3.8, 4) is 0 Å². The van der Waals surface area contributed by atoms with E-state index in [0.717, 1.165) is 38.5 Å². The summed E-state index contributed by atoms with van der Waals surface area (Å²) in [6.45, 7) is 5.59. The highest BCUT2D eigenvalue weighted by Gasteiger charge is 2.26. The Morgan fingerprint density at radius 2 is 1.48 bits per heavy atom. The Hall–Kier alpha value is -0.900. The predicted octanol–water partition coefficient (Wildman–Crippen LogP) is 4.55. The summed E-state index contributed by atoms with van der Waals surface area (Å²) in [5, 5.41) is 9.20. The highest BCUT2D eigenvalue weighted by Crippen LogP contribution is 2.25. The van der Waals surface area contributed by atoms with E-state index in [-0.39, 0.29) is 5.78 Å². The molecule has 3 N–H and O–H groups in total. The second kappa shape index (κ2) is 13.5. The van der Waals surface area contributed by atoms with Gasteiger partial charge in [-0.2, -0.15) is 0 Å². The van der Waals surface area contributed by atoms with Gasteiger partial charge in [-0.1, -0.05) is 64.7 Å². The number of carboxylic acid groups (broad SMARTS) is 1. The lowest BCUT2D eigenvalue weighted by Gasteiger charge is -2.19. The second-order valence-electron chi connectivity index (χ2n) is 7.07. The molecule has 0 aromatic rings. The third kappa shape index (κ3) is 12.2. The lowest BCUT2D eigenvalue weighted by atomic mass is 9.85. The van der Waals surface area contributed by atoms with Crippen molar-refractivity contribution in [3.05, 3.63) is 0 Å². The van der Waals surface area contributed by atoms with E-state index in [1.54, 1.807) is 0 Å². The quantitative estimate of drug-likeness (QED) is 0.341. The third-order valence-electron chi connectivity index (χ3n) is 4.60. The molecule has 0 aliphatic heterocycles. The lowest BCUT2D eigenvalue weighted by Crippen LogP contribution is -2.24. The molecule has 0 aliphatic rings. The minimum atomic E-state index is -0.963. The van der Waals surface area contributed by atoms with Crippen LogP contribution in [0.2, 0.25) is 0 Å². The second-order valence-corrected chi connectivity index (χ2v) is 7.07. The average molecular weight is 328 g/mol. The van der Waals surface area contributed by atoms with E-state index >= 15 is 0 Å². The highest BCUT2D eigenvalue weighted by atomic mass is 16.4. The van der Waals surface area contributed by atoms with E-state index in [9.17, 15) is 14.7 Å². The van der Waals surface area contributed by atoms with Crippen LogP contribution in [-0.4, -0.2) is 22.9 Å². The fourth-order valence-corrected chi connectivity index (χ4v) is 3.08. The predicted molar refractivity (Wildman–Crippen MR) is 95.4 cm³/mol. The molecule has 3 atom stereocenters. The van der Waals surface area contributed by atoms with E-state index < -0.39 is 11.9 Å². The zero-order valence-corrected chi connectivity index (χ0v) is 15.4. The Bertz CT molecular complexity index is 315. The van der Waals surface area contributed by atoms with Crippen LogP contribution in [0.4, 0.5) is 0 Å². The van der Waals surface area contributed by atoms with Crippen molar-refractivity contribution in [3.63, 3.8) is 0 Å². The van der Waals surface area contributed by atoms with Crippen LogP contribution in [0.1, 0.15) is 91.4 Å². The van der Waals surface area contributed by atoms with Crippen LogP contribution in [0.25, 0.3) is 0 Å². The van der Waals surface area contributed by atoms with Gasteiger partial charge in [0.2, 0.25) is 0 Å². The molecule has 0 radical (unpaired) electrons. The molecule has 0 aromatic carbocycles. The molecule has 4 heteroatoms. The third-order valence-corrected chi connectivity index (χ3v) is 4.60. The normalized spacial score (nSPS) is 15.1. The molecule has 0 bridgehead atoms. The average Bonchev–Trinajstić information content (AvgIpc) is 2.46. The number of unbranched alkanes of at least 4 members (excludes halogenated alkanes) is 5. The number of hydrogen-bond acceptors (Lipinski definition) is 3. The summed E-state index contributed by atoms with van der Waals surface area (Å²) in [4.78, 5) is 22.7. The Balaban J connectivity index is 4.09. The minimum absolute atomic E-state index is 0.213. The maximum Gasteiger partial charge on any atom is 0.314 e. The van der Waals surface area contributed by atoms with Gasteiger partial charge in [-0.15, -0.1) is 0 Å². The molecule has 0 aliphatic carbocycles. The first-order chi connectivity index (χ1) is 10.9. The number of carbonyl (C=O) groups is 2. The number of carbonyl (C=O) groups excluding carboxylic acids is 1. The summed E-state index contributed by atoms with van der Waals surface area (Å²) in [5.74, 6) is -1.63. The number of ketones is 1.